The molecule has 1 rings (SSSR count). The fourth-order valence-corrected chi connectivity index (χ4v) is 31.9. The van der Waals surface area contributed by atoms with Crippen LogP contribution in [0.2, 0.25) is 32.2 Å². The van der Waals surface area contributed by atoms with Crippen LogP contribution in [0.4, 0.5) is 0 Å². The maximum Gasteiger partial charge on any atom is 0.173 e. The Kier molecular flexibility index (Phi) is 3.99. The molecule has 0 N–H and O–H groups in total. The van der Waals surface area contributed by atoms with Gasteiger partial charge in [-0.1, -0.05) is 49.8 Å². The minimum absolute atomic E-state index is 0.368. The van der Waals surface area contributed by atoms with Gasteiger partial charge in [-0.05, 0) is 19.1 Å². The minimum atomic E-state index is -1.76. The molecule has 0 radical (unpaired) electrons. The molecule has 100 valence electrons. The normalized spacial score (nSPS) is 26.9. The molecule has 0 saturated carbocycles. The monoisotopic (exact) mass is 294 g/mol. The third-order valence-electron chi connectivity index (χ3n) is 5.10. The first-order valence-electron chi connectivity index (χ1n) is 6.40. The third-order valence-corrected chi connectivity index (χ3v) is 41.6. The van der Waals surface area contributed by atoms with Crippen molar-refractivity contribution in [3.05, 3.63) is 49.9 Å². The van der Waals surface area contributed by atoms with E-state index >= 15 is 0 Å². The fraction of sp³-hybridized carbons (Fsp3) is 0.429. The quantitative estimate of drug-likeness (QED) is 0.560. The summed E-state index contributed by atoms with van der Waals surface area (Å²) in [5.74, 6) is 0. The fourth-order valence-electron chi connectivity index (χ4n) is 2.93. The van der Waals surface area contributed by atoms with E-state index < -0.39 is 22.5 Å². The van der Waals surface area contributed by atoms with Gasteiger partial charge >= 0.3 is 0 Å². The Morgan fingerprint density at radius 2 is 1.39 bits per heavy atom. The van der Waals surface area contributed by atoms with E-state index in [1.165, 1.54) is 0 Å². The van der Waals surface area contributed by atoms with Gasteiger partial charge in [0.15, 0.2) is 7.83 Å². The van der Waals surface area contributed by atoms with E-state index in [0.717, 1.165) is 6.04 Å². The molecule has 0 amide bonds. The first-order valence-corrected chi connectivity index (χ1v) is 16.7. The number of hydrogen-bond donors (Lipinski definition) is 0. The van der Waals surface area contributed by atoms with Crippen LogP contribution in [0.1, 0.15) is 0 Å². The molecule has 0 aromatic heterocycles. The first kappa shape index (κ1) is 15.6. The SMILES string of the molecule is C=CC1(C=C)C[Si](C=C)(C=C)[Si](C)(C)[Si](C)(C)O1. The second kappa shape index (κ2) is 4.59. The molecule has 0 aliphatic carbocycles. The van der Waals surface area contributed by atoms with Gasteiger partial charge in [0.2, 0.25) is 0 Å². The highest BCUT2D eigenvalue weighted by atomic mass is 29.6. The van der Waals surface area contributed by atoms with Gasteiger partial charge in [-0.2, -0.15) is 0 Å². The van der Waals surface area contributed by atoms with E-state index in [0.29, 0.717) is 0 Å². The lowest BCUT2D eigenvalue weighted by Gasteiger charge is -2.58. The number of hydrogen-bond acceptors (Lipinski definition) is 1. The van der Waals surface area contributed by atoms with E-state index in [1.54, 1.807) is 0 Å². The summed E-state index contributed by atoms with van der Waals surface area (Å²) in [6.07, 6.45) is 3.85. The van der Waals surface area contributed by atoms with Gasteiger partial charge in [-0.15, -0.1) is 13.2 Å². The van der Waals surface area contributed by atoms with Crippen molar-refractivity contribution in [3.8, 4) is 0 Å². The second-order valence-corrected chi connectivity index (χ2v) is 31.4. The van der Waals surface area contributed by atoms with Crippen LogP contribution in [0, 0.1) is 0 Å². The van der Waals surface area contributed by atoms with Gasteiger partial charge in [0.1, 0.15) is 0 Å². The molecule has 18 heavy (non-hydrogen) atoms. The summed E-state index contributed by atoms with van der Waals surface area (Å²) in [6.45, 7) is 25.8. The van der Waals surface area contributed by atoms with E-state index in [-0.39, 0.29) is 5.60 Å². The van der Waals surface area contributed by atoms with Crippen LogP contribution in [0.5, 0.6) is 0 Å². The zero-order valence-corrected chi connectivity index (χ0v) is 15.3. The van der Waals surface area contributed by atoms with Crippen LogP contribution < -0.4 is 0 Å². The summed E-state index contributed by atoms with van der Waals surface area (Å²) in [4.78, 5) is 0. The standard InChI is InChI=1S/C14H26OSi3/c1-9-14(10-2)13-18(11-3,12-4)17(7,8)16(5,6)15-14/h9-12H,1-4,13H2,5-8H3. The summed E-state index contributed by atoms with van der Waals surface area (Å²) < 4.78 is 6.54. The van der Waals surface area contributed by atoms with Gasteiger partial charge in [-0.3, -0.25) is 0 Å². The molecule has 0 aromatic carbocycles. The molecule has 1 fully saturated rings. The highest BCUT2D eigenvalue weighted by Crippen LogP contribution is 2.45. The first-order chi connectivity index (χ1) is 8.16. The molecule has 1 aliphatic heterocycles. The van der Waals surface area contributed by atoms with E-state index in [4.69, 9.17) is 4.43 Å². The van der Waals surface area contributed by atoms with Gasteiger partial charge in [0.05, 0.1) is 20.3 Å². The highest BCUT2D eigenvalue weighted by Gasteiger charge is 2.63. The molecule has 1 nitrogen and oxygen atoms in total. The van der Waals surface area contributed by atoms with Crippen LogP contribution in [-0.4, -0.2) is 28.1 Å². The third kappa shape index (κ3) is 1.91. The molecule has 0 bridgehead atoms. The van der Waals surface area contributed by atoms with Crippen molar-refractivity contribution in [2.75, 3.05) is 0 Å². The van der Waals surface area contributed by atoms with Gasteiger partial charge in [0, 0.05) is 0 Å². The molecule has 4 heteroatoms. The van der Waals surface area contributed by atoms with Crippen molar-refractivity contribution in [3.63, 3.8) is 0 Å². The molecule has 1 aliphatic rings. The summed E-state index contributed by atoms with van der Waals surface area (Å²) in [6, 6.07) is 0.982. The van der Waals surface area contributed by atoms with Crippen molar-refractivity contribution in [1.82, 2.24) is 0 Å². The van der Waals surface area contributed by atoms with E-state index in [9.17, 15) is 0 Å². The maximum atomic E-state index is 6.54. The Morgan fingerprint density at radius 3 is 1.72 bits per heavy atom. The lowest BCUT2D eigenvalue weighted by atomic mass is 10.1. The van der Waals surface area contributed by atoms with Crippen molar-refractivity contribution in [1.29, 1.82) is 0 Å². The molecule has 1 saturated heterocycles. The van der Waals surface area contributed by atoms with Crippen molar-refractivity contribution >= 4 is 22.5 Å². The van der Waals surface area contributed by atoms with Gasteiger partial charge in [0.25, 0.3) is 0 Å². The van der Waals surface area contributed by atoms with Gasteiger partial charge in [-0.25, -0.2) is 0 Å². The average molecular weight is 295 g/mol. The predicted octanol–water partition coefficient (Wildman–Crippen LogP) is 4.10. The second-order valence-electron chi connectivity index (χ2n) is 6.23. The molecule has 0 atom stereocenters. The molecular weight excluding hydrogens is 268 g/mol. The maximum absolute atomic E-state index is 6.54. The van der Waals surface area contributed by atoms with Crippen molar-refractivity contribution in [2.45, 2.75) is 37.8 Å². The lowest BCUT2D eigenvalue weighted by Crippen LogP contribution is -2.79. The lowest BCUT2D eigenvalue weighted by molar-refractivity contribution is 0.186. The van der Waals surface area contributed by atoms with Crippen LogP contribution in [0.15, 0.2) is 49.9 Å². The molecular formula is C14H26OSi3. The number of rotatable bonds is 4. The van der Waals surface area contributed by atoms with Gasteiger partial charge < -0.3 is 4.43 Å². The zero-order valence-electron chi connectivity index (χ0n) is 12.3. The molecule has 0 spiro atoms. The highest BCUT2D eigenvalue weighted by molar-refractivity contribution is 7.70. The Morgan fingerprint density at radius 1 is 0.944 bits per heavy atom. The predicted molar refractivity (Wildman–Crippen MR) is 90.1 cm³/mol. The van der Waals surface area contributed by atoms with E-state index in [1.807, 2.05) is 12.2 Å². The average Bonchev–Trinajstić information content (AvgIpc) is 2.33. The van der Waals surface area contributed by atoms with Crippen LogP contribution in [0.25, 0.3) is 0 Å². The Bertz CT molecular complexity index is 380. The van der Waals surface area contributed by atoms with Crippen molar-refractivity contribution in [2.24, 2.45) is 0 Å². The van der Waals surface area contributed by atoms with Crippen LogP contribution in [0.3, 0.4) is 0 Å². The molecule has 0 aromatic rings. The minimum Gasteiger partial charge on any atom is -0.408 e. The molecule has 0 unspecified atom stereocenters. The smallest absolute Gasteiger partial charge is 0.173 e. The summed E-state index contributed by atoms with van der Waals surface area (Å²) >= 11 is 0. The topological polar surface area (TPSA) is 9.23 Å². The Labute approximate surface area is 115 Å². The van der Waals surface area contributed by atoms with E-state index in [2.05, 4.69) is 63.9 Å². The summed E-state index contributed by atoms with van der Waals surface area (Å²) in [5.41, 5.74) is 4.09. The molecule has 1 heterocycles. The van der Waals surface area contributed by atoms with Crippen LogP contribution >= 0.6 is 0 Å². The van der Waals surface area contributed by atoms with Crippen molar-refractivity contribution < 1.29 is 4.43 Å². The Hall–Kier alpha value is -0.429. The Balaban J connectivity index is 3.49. The summed E-state index contributed by atoms with van der Waals surface area (Å²) in [7, 11) is -4.96. The zero-order chi connectivity index (χ0) is 14.2. The summed E-state index contributed by atoms with van der Waals surface area (Å²) in [5, 5.41) is 0. The largest absolute Gasteiger partial charge is 0.408 e. The van der Waals surface area contributed by atoms with Crippen LogP contribution in [-0.2, 0) is 4.43 Å².